The Balaban J connectivity index is 1.46. The lowest BCUT2D eigenvalue weighted by atomic mass is 10.1. The van der Waals surface area contributed by atoms with E-state index >= 15 is 0 Å². The lowest BCUT2D eigenvalue weighted by Crippen LogP contribution is -2.29. The van der Waals surface area contributed by atoms with Crippen LogP contribution in [0.4, 0.5) is 0 Å². The minimum Gasteiger partial charge on any atom is -0.344 e. The van der Waals surface area contributed by atoms with Gasteiger partial charge in [0.15, 0.2) is 5.01 Å². The molecule has 2 aromatic carbocycles. The molecule has 0 aliphatic carbocycles. The minimum atomic E-state index is -0.267. The number of benzene rings is 2. The van der Waals surface area contributed by atoms with Crippen LogP contribution in [-0.4, -0.2) is 25.7 Å². The van der Waals surface area contributed by atoms with Crippen molar-refractivity contribution in [2.45, 2.75) is 13.1 Å². The fourth-order valence-electron chi connectivity index (χ4n) is 3.42. The summed E-state index contributed by atoms with van der Waals surface area (Å²) < 4.78 is 2.37. The van der Waals surface area contributed by atoms with E-state index in [2.05, 4.69) is 20.4 Å². The summed E-state index contributed by atoms with van der Waals surface area (Å²) in [6, 6.07) is 18.6. The number of carbonyl (C=O) groups excluding carboxylic acids is 1. The fraction of sp³-hybridized carbons (Fsp3) is 0.0870. The average molecular weight is 427 g/mol. The molecule has 31 heavy (non-hydrogen) atoms. The second kappa shape index (κ2) is 8.08. The Kier molecular flexibility index (Phi) is 4.97. The molecule has 0 atom stereocenters. The van der Waals surface area contributed by atoms with Crippen LogP contribution in [0.5, 0.6) is 0 Å². The van der Waals surface area contributed by atoms with Gasteiger partial charge in [-0.3, -0.25) is 14.6 Å². The number of fused-ring (bicyclic) bond motifs is 2. The lowest BCUT2D eigenvalue weighted by molar-refractivity contribution is 0.0950. The summed E-state index contributed by atoms with van der Waals surface area (Å²) >= 11 is 1.35. The Morgan fingerprint density at radius 2 is 1.81 bits per heavy atom. The van der Waals surface area contributed by atoms with Crippen molar-refractivity contribution in [2.24, 2.45) is 0 Å². The number of pyridine rings is 1. The van der Waals surface area contributed by atoms with Gasteiger partial charge in [-0.15, -0.1) is 11.3 Å². The van der Waals surface area contributed by atoms with Gasteiger partial charge >= 0.3 is 0 Å². The predicted octanol–water partition coefficient (Wildman–Crippen LogP) is 3.38. The normalized spacial score (nSPS) is 11.1. The second-order valence-electron chi connectivity index (χ2n) is 6.99. The SMILES string of the molecule is O=C(NCc1nn(Cc2cccnc2)c(=O)c2ccccc12)c1nc2ccccc2s1. The van der Waals surface area contributed by atoms with Crippen molar-refractivity contribution in [3.05, 3.63) is 99.7 Å². The topological polar surface area (TPSA) is 89.8 Å². The van der Waals surface area contributed by atoms with Gasteiger partial charge in [-0.1, -0.05) is 36.4 Å². The Bertz CT molecular complexity index is 1430. The number of carbonyl (C=O) groups is 1. The summed E-state index contributed by atoms with van der Waals surface area (Å²) in [6.07, 6.45) is 3.39. The Hall–Kier alpha value is -3.91. The highest BCUT2D eigenvalue weighted by Gasteiger charge is 2.15. The van der Waals surface area contributed by atoms with E-state index in [1.54, 1.807) is 18.5 Å². The first-order valence-corrected chi connectivity index (χ1v) is 10.5. The van der Waals surface area contributed by atoms with E-state index in [1.165, 1.54) is 16.0 Å². The number of para-hydroxylation sites is 1. The van der Waals surface area contributed by atoms with Crippen molar-refractivity contribution in [3.8, 4) is 0 Å². The van der Waals surface area contributed by atoms with Crippen molar-refractivity contribution < 1.29 is 4.79 Å². The van der Waals surface area contributed by atoms with E-state index < -0.39 is 0 Å². The molecule has 0 aliphatic heterocycles. The zero-order valence-electron chi connectivity index (χ0n) is 16.4. The molecule has 0 unspecified atom stereocenters. The Labute approximate surface area is 181 Å². The monoisotopic (exact) mass is 427 g/mol. The molecule has 0 fully saturated rings. The molecule has 152 valence electrons. The first kappa shape index (κ1) is 19.1. The van der Waals surface area contributed by atoms with E-state index in [4.69, 9.17) is 0 Å². The maximum absolute atomic E-state index is 12.9. The van der Waals surface area contributed by atoms with Gasteiger partial charge in [-0.2, -0.15) is 5.10 Å². The van der Waals surface area contributed by atoms with Crippen LogP contribution in [0.15, 0.2) is 77.9 Å². The van der Waals surface area contributed by atoms with Gasteiger partial charge in [-0.05, 0) is 29.8 Å². The largest absolute Gasteiger partial charge is 0.344 e. The average Bonchev–Trinajstić information content (AvgIpc) is 3.25. The Morgan fingerprint density at radius 1 is 1.00 bits per heavy atom. The van der Waals surface area contributed by atoms with Gasteiger partial charge in [0, 0.05) is 17.8 Å². The number of rotatable bonds is 5. The second-order valence-corrected chi connectivity index (χ2v) is 8.02. The molecule has 0 saturated carbocycles. The Morgan fingerprint density at radius 3 is 2.61 bits per heavy atom. The van der Waals surface area contributed by atoms with Crippen LogP contribution in [0.3, 0.4) is 0 Å². The van der Waals surface area contributed by atoms with E-state index in [1.807, 2.05) is 54.6 Å². The maximum atomic E-state index is 12.9. The van der Waals surface area contributed by atoms with Crippen LogP contribution in [0, 0.1) is 0 Å². The van der Waals surface area contributed by atoms with E-state index in [0.29, 0.717) is 22.6 Å². The molecule has 3 heterocycles. The van der Waals surface area contributed by atoms with Crippen LogP contribution in [0.2, 0.25) is 0 Å². The van der Waals surface area contributed by atoms with Crippen molar-refractivity contribution in [3.63, 3.8) is 0 Å². The van der Waals surface area contributed by atoms with Crippen molar-refractivity contribution in [1.82, 2.24) is 25.1 Å². The minimum absolute atomic E-state index is 0.180. The number of hydrogen-bond acceptors (Lipinski definition) is 6. The molecule has 0 saturated heterocycles. The third-order valence-corrected chi connectivity index (χ3v) is 5.94. The molecular weight excluding hydrogens is 410 g/mol. The number of nitrogens with one attached hydrogen (secondary N) is 1. The van der Waals surface area contributed by atoms with Gasteiger partial charge < -0.3 is 5.32 Å². The van der Waals surface area contributed by atoms with Crippen molar-refractivity contribution in [1.29, 1.82) is 0 Å². The third-order valence-electron chi connectivity index (χ3n) is 4.90. The smallest absolute Gasteiger partial charge is 0.280 e. The van der Waals surface area contributed by atoms with Crippen molar-refractivity contribution in [2.75, 3.05) is 0 Å². The van der Waals surface area contributed by atoms with E-state index in [0.717, 1.165) is 21.2 Å². The highest BCUT2D eigenvalue weighted by Crippen LogP contribution is 2.21. The molecule has 0 aliphatic rings. The lowest BCUT2D eigenvalue weighted by Gasteiger charge is -2.11. The van der Waals surface area contributed by atoms with Gasteiger partial charge in [0.25, 0.3) is 11.5 Å². The summed E-state index contributed by atoms with van der Waals surface area (Å²) in [5, 5.41) is 9.13. The molecule has 1 N–H and O–H groups in total. The predicted molar refractivity (Wildman–Crippen MR) is 120 cm³/mol. The molecule has 0 radical (unpaired) electrons. The summed E-state index contributed by atoms with van der Waals surface area (Å²) in [5.74, 6) is -0.267. The molecule has 5 rings (SSSR count). The van der Waals surface area contributed by atoms with Gasteiger partial charge in [0.2, 0.25) is 0 Å². The molecule has 5 aromatic rings. The van der Waals surface area contributed by atoms with Crippen molar-refractivity contribution >= 4 is 38.2 Å². The van der Waals surface area contributed by atoms with Gasteiger partial charge in [0.05, 0.1) is 34.4 Å². The van der Waals surface area contributed by atoms with E-state index in [9.17, 15) is 9.59 Å². The van der Waals surface area contributed by atoms with Gasteiger partial charge in [0.1, 0.15) is 0 Å². The quantitative estimate of drug-likeness (QED) is 0.464. The molecule has 0 spiro atoms. The number of aromatic nitrogens is 4. The van der Waals surface area contributed by atoms with E-state index in [-0.39, 0.29) is 18.0 Å². The molecule has 1 amide bonds. The van der Waals surface area contributed by atoms with Gasteiger partial charge in [-0.25, -0.2) is 9.67 Å². The first-order valence-electron chi connectivity index (χ1n) is 9.70. The fourth-order valence-corrected chi connectivity index (χ4v) is 4.30. The molecule has 8 heteroatoms. The van der Waals surface area contributed by atoms with Crippen LogP contribution >= 0.6 is 11.3 Å². The first-order chi connectivity index (χ1) is 15.2. The molecule has 0 bridgehead atoms. The van der Waals surface area contributed by atoms with Crippen LogP contribution < -0.4 is 10.9 Å². The highest BCUT2D eigenvalue weighted by molar-refractivity contribution is 7.20. The zero-order valence-corrected chi connectivity index (χ0v) is 17.2. The summed E-state index contributed by atoms with van der Waals surface area (Å²) in [4.78, 5) is 34.1. The zero-order chi connectivity index (χ0) is 21.2. The molecule has 7 nitrogen and oxygen atoms in total. The molecular formula is C23H17N5O2S. The third kappa shape index (κ3) is 3.80. The number of nitrogens with zero attached hydrogens (tertiary/aromatic N) is 4. The standard InChI is InChI=1S/C23H17N5O2S/c29-21(22-26-18-9-3-4-10-20(18)31-22)25-13-19-16-7-1-2-8-17(16)23(30)28(27-19)14-15-6-5-11-24-12-15/h1-12H,13-14H2,(H,25,29). The van der Waals surface area contributed by atoms with Crippen LogP contribution in [0.25, 0.3) is 21.0 Å². The van der Waals surface area contributed by atoms with Crippen LogP contribution in [-0.2, 0) is 13.1 Å². The maximum Gasteiger partial charge on any atom is 0.280 e. The number of thiazole rings is 1. The number of hydrogen-bond donors (Lipinski definition) is 1. The summed E-state index contributed by atoms with van der Waals surface area (Å²) in [5.41, 5.74) is 2.11. The highest BCUT2D eigenvalue weighted by atomic mass is 32.1. The summed E-state index contributed by atoms with van der Waals surface area (Å²) in [6.45, 7) is 0.485. The number of amides is 1. The molecule has 3 aromatic heterocycles. The van der Waals surface area contributed by atoms with Crippen LogP contribution in [0.1, 0.15) is 21.1 Å². The summed E-state index contributed by atoms with van der Waals surface area (Å²) in [7, 11) is 0.